The molecule has 0 spiro atoms. The summed E-state index contributed by atoms with van der Waals surface area (Å²) in [5.41, 5.74) is 7.34. The average Bonchev–Trinajstić information content (AvgIpc) is 3.92. The predicted octanol–water partition coefficient (Wildman–Crippen LogP) is 1.25. The molecule has 0 radical (unpaired) electrons. The Morgan fingerprint density at radius 1 is 0.862 bits per heavy atom. The summed E-state index contributed by atoms with van der Waals surface area (Å²) in [5.74, 6) is -4.68. The summed E-state index contributed by atoms with van der Waals surface area (Å²) < 4.78 is 0. The normalized spacial score (nSPS) is 19.2. The van der Waals surface area contributed by atoms with Crippen LogP contribution in [0.2, 0.25) is 0 Å². The summed E-state index contributed by atoms with van der Waals surface area (Å²) in [5, 5.41) is 34.1. The van der Waals surface area contributed by atoms with Crippen LogP contribution in [0.25, 0.3) is 0 Å². The second kappa shape index (κ2) is 21.9. The Morgan fingerprint density at radius 2 is 1.52 bits per heavy atom. The Hall–Kier alpha value is -5.51. The van der Waals surface area contributed by atoms with Gasteiger partial charge in [-0.15, -0.1) is 0 Å². The van der Waals surface area contributed by atoms with Gasteiger partial charge in [0, 0.05) is 32.0 Å². The highest BCUT2D eigenvalue weighted by molar-refractivity contribution is 5.96. The number of hydrogen-bond acceptors (Lipinski definition) is 10. The third-order valence-electron chi connectivity index (χ3n) is 10.8. The lowest BCUT2D eigenvalue weighted by Crippen LogP contribution is -2.61. The fourth-order valence-corrected chi connectivity index (χ4v) is 7.32. The molecule has 0 saturated carbocycles. The number of carbonyl (C=O) groups is 6. The third kappa shape index (κ3) is 13.0. The van der Waals surface area contributed by atoms with E-state index in [1.165, 1.54) is 23.4 Å². The molecule has 8 unspecified atom stereocenters. The van der Waals surface area contributed by atoms with E-state index in [-0.39, 0.29) is 50.1 Å². The van der Waals surface area contributed by atoms with Gasteiger partial charge in [0.05, 0.1) is 18.8 Å². The lowest BCUT2D eigenvalue weighted by Gasteiger charge is -2.32. The number of aliphatic carboxylic acids is 1. The van der Waals surface area contributed by atoms with Crippen LogP contribution in [0.4, 0.5) is 0 Å². The van der Waals surface area contributed by atoms with Crippen LogP contribution in [0.1, 0.15) is 70.9 Å². The largest absolute Gasteiger partial charge is 0.508 e. The molecule has 16 heteroatoms. The monoisotopic (exact) mass is 804 g/mol. The van der Waals surface area contributed by atoms with E-state index in [1.807, 2.05) is 26.8 Å². The fourth-order valence-electron chi connectivity index (χ4n) is 7.32. The van der Waals surface area contributed by atoms with E-state index in [0.29, 0.717) is 37.8 Å². The highest BCUT2D eigenvalue weighted by atomic mass is 16.4. The van der Waals surface area contributed by atoms with E-state index in [2.05, 4.69) is 31.6 Å². The first kappa shape index (κ1) is 45.2. The number of nitrogens with two attached hydrogens (primary N) is 1. The number of hydrogen-bond donors (Lipinski definition) is 8. The Balaban J connectivity index is 1.54. The molecule has 316 valence electrons. The average molecular weight is 805 g/mol. The van der Waals surface area contributed by atoms with Crippen LogP contribution >= 0.6 is 0 Å². The molecule has 16 nitrogen and oxygen atoms in total. The van der Waals surface area contributed by atoms with Gasteiger partial charge in [0.25, 0.3) is 0 Å². The number of nitrogens with one attached hydrogen (secondary N) is 5. The first-order chi connectivity index (χ1) is 27.7. The Labute approximate surface area is 340 Å². The smallest absolute Gasteiger partial charge is 0.326 e. The third-order valence-corrected chi connectivity index (χ3v) is 10.8. The summed E-state index contributed by atoms with van der Waals surface area (Å²) in [6.07, 6.45) is 3.57. The van der Waals surface area contributed by atoms with Crippen molar-refractivity contribution in [3.8, 4) is 5.75 Å². The van der Waals surface area contributed by atoms with E-state index in [4.69, 9.17) is 5.73 Å². The minimum absolute atomic E-state index is 0.0410. The number of carboxylic acids is 1. The van der Waals surface area contributed by atoms with Crippen molar-refractivity contribution >= 4 is 41.8 Å². The summed E-state index contributed by atoms with van der Waals surface area (Å²) in [4.78, 5) is 87.6. The molecule has 1 fully saturated rings. The minimum Gasteiger partial charge on any atom is -0.508 e. The number of likely N-dealkylation sites (tertiary alicyclic amines) is 1. The predicted molar refractivity (Wildman–Crippen MR) is 218 cm³/mol. The lowest BCUT2D eigenvalue weighted by atomic mass is 9.94. The van der Waals surface area contributed by atoms with Gasteiger partial charge < -0.3 is 47.4 Å². The van der Waals surface area contributed by atoms with E-state index >= 15 is 0 Å². The molecule has 1 saturated heterocycles. The van der Waals surface area contributed by atoms with Gasteiger partial charge in [-0.1, -0.05) is 76.6 Å². The SMILES string of the molecule is CCC(C)C(NC(=O)C(Cc1ccc(O)cc1)NC(=O)C(CN)CC(C)C)C(=O)NC(CC1CN=CN1)C(=O)N1CCCC1C(=O)NC(Cc1ccccc1)C(=O)O. The molecule has 2 heterocycles. The van der Waals surface area contributed by atoms with Gasteiger partial charge in [0.1, 0.15) is 36.0 Å². The number of nitrogens with zero attached hydrogens (tertiary/aromatic N) is 2. The zero-order valence-electron chi connectivity index (χ0n) is 33.9. The van der Waals surface area contributed by atoms with Crippen molar-refractivity contribution in [2.24, 2.45) is 28.5 Å². The number of aromatic hydroxyl groups is 1. The number of carboxylic acid groups (broad SMARTS) is 1. The number of phenols is 1. The van der Waals surface area contributed by atoms with Crippen molar-refractivity contribution in [3.05, 3.63) is 65.7 Å². The molecule has 4 rings (SSSR count). The Bertz CT molecular complexity index is 1730. The van der Waals surface area contributed by atoms with Crippen molar-refractivity contribution in [2.45, 2.75) is 109 Å². The number of rotatable bonds is 21. The van der Waals surface area contributed by atoms with Gasteiger partial charge in [-0.05, 0) is 60.8 Å². The molecule has 2 aromatic rings. The van der Waals surface area contributed by atoms with E-state index < -0.39 is 77.6 Å². The fraction of sp³-hybridized carbons (Fsp3) is 0.548. The van der Waals surface area contributed by atoms with Crippen LogP contribution in [0, 0.1) is 17.8 Å². The van der Waals surface area contributed by atoms with E-state index in [9.17, 15) is 39.0 Å². The molecule has 0 aromatic heterocycles. The molecular formula is C42H60N8O8. The molecule has 2 aromatic carbocycles. The van der Waals surface area contributed by atoms with Gasteiger partial charge in [0.15, 0.2) is 0 Å². The Kier molecular flexibility index (Phi) is 17.0. The summed E-state index contributed by atoms with van der Waals surface area (Å²) in [6.45, 7) is 8.26. The number of carbonyl (C=O) groups excluding carboxylic acids is 5. The second-order valence-electron chi connectivity index (χ2n) is 15.8. The number of benzene rings is 2. The van der Waals surface area contributed by atoms with Crippen LogP contribution < -0.4 is 32.3 Å². The maximum Gasteiger partial charge on any atom is 0.326 e. The molecule has 2 aliphatic rings. The van der Waals surface area contributed by atoms with Crippen LogP contribution in [0.15, 0.2) is 59.6 Å². The van der Waals surface area contributed by atoms with Crippen molar-refractivity contribution in [3.63, 3.8) is 0 Å². The molecule has 0 aliphatic carbocycles. The molecular weight excluding hydrogens is 745 g/mol. The molecule has 58 heavy (non-hydrogen) atoms. The quantitative estimate of drug-likeness (QED) is 0.0898. The van der Waals surface area contributed by atoms with E-state index in [1.54, 1.807) is 43.3 Å². The topological polar surface area (TPSA) is 245 Å². The summed E-state index contributed by atoms with van der Waals surface area (Å²) in [6, 6.07) is 9.34. The van der Waals surface area contributed by atoms with Crippen LogP contribution in [-0.4, -0.2) is 113 Å². The zero-order chi connectivity index (χ0) is 42.4. The number of phenolic OH excluding ortho intramolecular Hbond substituents is 1. The van der Waals surface area contributed by atoms with Gasteiger partial charge in [0.2, 0.25) is 29.5 Å². The molecule has 2 aliphatic heterocycles. The Morgan fingerprint density at radius 3 is 2.12 bits per heavy atom. The second-order valence-corrected chi connectivity index (χ2v) is 15.8. The first-order valence-corrected chi connectivity index (χ1v) is 20.2. The maximum atomic E-state index is 14.4. The van der Waals surface area contributed by atoms with Gasteiger partial charge >= 0.3 is 5.97 Å². The van der Waals surface area contributed by atoms with E-state index in [0.717, 1.165) is 5.56 Å². The van der Waals surface area contributed by atoms with Crippen LogP contribution in [-0.2, 0) is 41.6 Å². The van der Waals surface area contributed by atoms with Crippen LogP contribution in [0.5, 0.6) is 5.75 Å². The zero-order valence-corrected chi connectivity index (χ0v) is 33.9. The maximum absolute atomic E-state index is 14.4. The highest BCUT2D eigenvalue weighted by Crippen LogP contribution is 2.22. The van der Waals surface area contributed by atoms with Gasteiger partial charge in [-0.25, -0.2) is 4.79 Å². The molecule has 9 N–H and O–H groups in total. The minimum atomic E-state index is -1.22. The standard InChI is InChI=1S/C42H60N8O8/c1-5-26(4)36(49-38(53)32(19-28-13-15-31(51)16-14-28)46-37(52)29(22-43)18-25(2)3)40(55)47-33(21-30-23-44-24-45-30)41(56)50-17-9-12-35(50)39(54)48-34(42(57)58)20-27-10-7-6-8-11-27/h6-8,10-11,13-16,24-26,29-30,32-36,51H,5,9,12,17-23,43H2,1-4H3,(H,44,45)(H,46,52)(H,47,55)(H,48,54)(H,49,53)(H,57,58). The van der Waals surface area contributed by atoms with Crippen LogP contribution in [0.3, 0.4) is 0 Å². The molecule has 5 amide bonds. The first-order valence-electron chi connectivity index (χ1n) is 20.2. The summed E-state index contributed by atoms with van der Waals surface area (Å²) in [7, 11) is 0. The van der Waals surface area contributed by atoms with Crippen molar-refractivity contribution in [1.82, 2.24) is 31.5 Å². The van der Waals surface area contributed by atoms with Crippen molar-refractivity contribution < 1.29 is 39.0 Å². The number of amides is 5. The molecule has 0 bridgehead atoms. The van der Waals surface area contributed by atoms with Gasteiger partial charge in [-0.3, -0.25) is 29.0 Å². The van der Waals surface area contributed by atoms with Crippen molar-refractivity contribution in [2.75, 3.05) is 19.6 Å². The van der Waals surface area contributed by atoms with Crippen molar-refractivity contribution in [1.29, 1.82) is 0 Å². The molecule has 8 atom stereocenters. The number of aliphatic imine (C=N–C) groups is 1. The van der Waals surface area contributed by atoms with Gasteiger partial charge in [-0.2, -0.15) is 0 Å². The lowest BCUT2D eigenvalue weighted by molar-refractivity contribution is -0.145. The summed E-state index contributed by atoms with van der Waals surface area (Å²) >= 11 is 0. The highest BCUT2D eigenvalue weighted by Gasteiger charge is 2.41.